The van der Waals surface area contributed by atoms with Crippen LogP contribution in [0.2, 0.25) is 0 Å². The summed E-state index contributed by atoms with van der Waals surface area (Å²) in [5, 5.41) is 11.2. The summed E-state index contributed by atoms with van der Waals surface area (Å²) in [6.07, 6.45) is 0. The van der Waals surface area contributed by atoms with Gasteiger partial charge in [-0.05, 0) is 60.7 Å². The lowest BCUT2D eigenvalue weighted by atomic mass is 10.1. The number of hydrogen-bond acceptors (Lipinski definition) is 6. The SMILES string of the molecule is Nc1ccc(NC(=O)c2ccc3[nH]nc(-c4nc5ccc(N6CCOCC6)cc5[nH]4)c3c2)cc1. The number of carbonyl (C=O) groups is 1. The highest BCUT2D eigenvalue weighted by molar-refractivity contribution is 6.07. The number of nitrogens with two attached hydrogens (primary N) is 1. The molecular weight excluding hydrogens is 430 g/mol. The van der Waals surface area contributed by atoms with Gasteiger partial charge >= 0.3 is 0 Å². The second kappa shape index (κ2) is 8.20. The van der Waals surface area contributed by atoms with Crippen molar-refractivity contribution >= 4 is 44.9 Å². The monoisotopic (exact) mass is 453 g/mol. The van der Waals surface area contributed by atoms with Gasteiger partial charge in [0.1, 0.15) is 5.69 Å². The van der Waals surface area contributed by atoms with Crippen LogP contribution >= 0.6 is 0 Å². The van der Waals surface area contributed by atoms with Crippen LogP contribution in [0, 0.1) is 0 Å². The highest BCUT2D eigenvalue weighted by Crippen LogP contribution is 2.29. The zero-order chi connectivity index (χ0) is 23.1. The number of hydrogen-bond donors (Lipinski definition) is 4. The van der Waals surface area contributed by atoms with Crippen LogP contribution < -0.4 is 16.0 Å². The maximum atomic E-state index is 12.8. The Labute approximate surface area is 194 Å². The second-order valence-corrected chi connectivity index (χ2v) is 8.29. The molecule has 3 heterocycles. The summed E-state index contributed by atoms with van der Waals surface area (Å²) in [4.78, 5) is 23.3. The molecule has 0 bridgehead atoms. The van der Waals surface area contributed by atoms with E-state index in [-0.39, 0.29) is 5.91 Å². The van der Waals surface area contributed by atoms with Crippen LogP contribution in [0.1, 0.15) is 10.4 Å². The maximum Gasteiger partial charge on any atom is 0.255 e. The summed E-state index contributed by atoms with van der Waals surface area (Å²) >= 11 is 0. The molecule has 1 saturated heterocycles. The molecule has 1 aliphatic heterocycles. The third kappa shape index (κ3) is 3.71. The number of nitrogens with one attached hydrogen (secondary N) is 3. The summed E-state index contributed by atoms with van der Waals surface area (Å²) in [6, 6.07) is 18.7. The molecule has 0 atom stereocenters. The van der Waals surface area contributed by atoms with Gasteiger partial charge in [0.25, 0.3) is 5.91 Å². The Morgan fingerprint density at radius 2 is 1.82 bits per heavy atom. The fraction of sp³-hybridized carbons (Fsp3) is 0.160. The van der Waals surface area contributed by atoms with Gasteiger partial charge in [0.15, 0.2) is 5.82 Å². The number of carbonyl (C=O) groups excluding carboxylic acids is 1. The van der Waals surface area contributed by atoms with Gasteiger partial charge in [0.05, 0.1) is 29.8 Å². The van der Waals surface area contributed by atoms with Crippen molar-refractivity contribution in [3.05, 3.63) is 66.2 Å². The minimum absolute atomic E-state index is 0.210. The predicted molar refractivity (Wildman–Crippen MR) is 133 cm³/mol. The number of rotatable bonds is 4. The molecule has 0 aliphatic carbocycles. The lowest BCUT2D eigenvalue weighted by Crippen LogP contribution is -2.36. The van der Waals surface area contributed by atoms with Gasteiger partial charge in [-0.2, -0.15) is 5.10 Å². The Kier molecular flexibility index (Phi) is 4.88. The van der Waals surface area contributed by atoms with Gasteiger partial charge in [-0.1, -0.05) is 0 Å². The number of imidazole rings is 1. The Bertz CT molecular complexity index is 1500. The molecular formula is C25H23N7O2. The lowest BCUT2D eigenvalue weighted by Gasteiger charge is -2.28. The molecule has 34 heavy (non-hydrogen) atoms. The van der Waals surface area contributed by atoms with Crippen LogP contribution in [0.4, 0.5) is 17.1 Å². The standard InChI is InChI=1S/C25H23N7O2/c26-16-2-4-17(5-3-16)27-25(33)15-1-7-20-19(13-15)23(31-30-20)24-28-21-8-6-18(14-22(21)29-24)32-9-11-34-12-10-32/h1-8,13-14H,9-12,26H2,(H,27,33)(H,28,29)(H,30,31). The quantitative estimate of drug-likeness (QED) is 0.307. The third-order valence-corrected chi connectivity index (χ3v) is 6.06. The Balaban J connectivity index is 1.32. The van der Waals surface area contributed by atoms with Crippen LogP contribution in [0.25, 0.3) is 33.5 Å². The summed E-state index contributed by atoms with van der Waals surface area (Å²) in [7, 11) is 0. The van der Waals surface area contributed by atoms with E-state index < -0.39 is 0 Å². The maximum absolute atomic E-state index is 12.8. The zero-order valence-corrected chi connectivity index (χ0v) is 18.3. The molecule has 9 nitrogen and oxygen atoms in total. The first-order chi connectivity index (χ1) is 16.6. The molecule has 170 valence electrons. The second-order valence-electron chi connectivity index (χ2n) is 8.29. The van der Waals surface area contributed by atoms with E-state index in [0.29, 0.717) is 28.5 Å². The van der Waals surface area contributed by atoms with E-state index in [4.69, 9.17) is 15.5 Å². The van der Waals surface area contributed by atoms with E-state index in [1.54, 1.807) is 30.3 Å². The molecule has 0 saturated carbocycles. The molecule has 2 aromatic heterocycles. The van der Waals surface area contributed by atoms with Gasteiger partial charge in [0.2, 0.25) is 0 Å². The first kappa shape index (κ1) is 20.3. The van der Waals surface area contributed by atoms with Crippen molar-refractivity contribution in [2.45, 2.75) is 0 Å². The number of nitrogen functional groups attached to an aromatic ring is 1. The first-order valence-electron chi connectivity index (χ1n) is 11.1. The number of morpholine rings is 1. The van der Waals surface area contributed by atoms with Crippen LogP contribution in [0.5, 0.6) is 0 Å². The topological polar surface area (TPSA) is 125 Å². The number of amides is 1. The van der Waals surface area contributed by atoms with E-state index in [2.05, 4.69) is 37.5 Å². The predicted octanol–water partition coefficient (Wildman–Crippen LogP) is 3.78. The van der Waals surface area contributed by atoms with Crippen molar-refractivity contribution in [1.82, 2.24) is 20.2 Å². The van der Waals surface area contributed by atoms with Crippen LogP contribution in [0.15, 0.2) is 60.7 Å². The molecule has 1 amide bonds. The molecule has 0 radical (unpaired) electrons. The number of anilines is 3. The Hall–Kier alpha value is -4.37. The van der Waals surface area contributed by atoms with Gasteiger partial charge in [-0.25, -0.2) is 4.98 Å². The fourth-order valence-electron chi connectivity index (χ4n) is 4.23. The number of H-pyrrole nitrogens is 2. The normalized spacial score (nSPS) is 14.1. The molecule has 5 aromatic rings. The fourth-order valence-corrected chi connectivity index (χ4v) is 4.23. The third-order valence-electron chi connectivity index (χ3n) is 6.06. The van der Waals surface area contributed by atoms with Gasteiger partial charge in [0, 0.05) is 41.1 Å². The first-order valence-corrected chi connectivity index (χ1v) is 11.1. The molecule has 0 unspecified atom stereocenters. The zero-order valence-electron chi connectivity index (χ0n) is 18.3. The van der Waals surface area contributed by atoms with Gasteiger partial charge in [-0.15, -0.1) is 0 Å². The molecule has 6 rings (SSSR count). The average molecular weight is 454 g/mol. The highest BCUT2D eigenvalue weighted by atomic mass is 16.5. The number of ether oxygens (including phenoxy) is 1. The molecule has 9 heteroatoms. The van der Waals surface area contributed by atoms with Crippen molar-refractivity contribution in [3.63, 3.8) is 0 Å². The number of fused-ring (bicyclic) bond motifs is 2. The number of aromatic nitrogens is 4. The van der Waals surface area contributed by atoms with Crippen LogP contribution in [0.3, 0.4) is 0 Å². The van der Waals surface area contributed by atoms with Gasteiger partial charge < -0.3 is 25.7 Å². The van der Waals surface area contributed by atoms with E-state index >= 15 is 0 Å². The van der Waals surface area contributed by atoms with E-state index in [0.717, 1.165) is 53.9 Å². The van der Waals surface area contributed by atoms with Crippen molar-refractivity contribution in [2.24, 2.45) is 0 Å². The Morgan fingerprint density at radius 3 is 2.65 bits per heavy atom. The molecule has 1 fully saturated rings. The van der Waals surface area contributed by atoms with Crippen molar-refractivity contribution in [2.75, 3.05) is 42.3 Å². The van der Waals surface area contributed by atoms with Crippen molar-refractivity contribution in [3.8, 4) is 11.5 Å². The lowest BCUT2D eigenvalue weighted by molar-refractivity contribution is 0.102. The summed E-state index contributed by atoms with van der Waals surface area (Å²) < 4.78 is 5.46. The number of aromatic amines is 2. The molecule has 0 spiro atoms. The van der Waals surface area contributed by atoms with E-state index in [9.17, 15) is 4.79 Å². The smallest absolute Gasteiger partial charge is 0.255 e. The van der Waals surface area contributed by atoms with Gasteiger partial charge in [-0.3, -0.25) is 9.89 Å². The van der Waals surface area contributed by atoms with Crippen LogP contribution in [-0.4, -0.2) is 52.4 Å². The summed E-state index contributed by atoms with van der Waals surface area (Å²) in [5.74, 6) is 0.440. The largest absolute Gasteiger partial charge is 0.399 e. The van der Waals surface area contributed by atoms with Crippen molar-refractivity contribution < 1.29 is 9.53 Å². The Morgan fingerprint density at radius 1 is 1.00 bits per heavy atom. The van der Waals surface area contributed by atoms with E-state index in [1.807, 2.05) is 18.2 Å². The number of benzene rings is 3. The molecule has 5 N–H and O–H groups in total. The van der Waals surface area contributed by atoms with Crippen molar-refractivity contribution in [1.29, 1.82) is 0 Å². The summed E-state index contributed by atoms with van der Waals surface area (Å²) in [6.45, 7) is 3.22. The highest BCUT2D eigenvalue weighted by Gasteiger charge is 2.17. The minimum Gasteiger partial charge on any atom is -0.399 e. The van der Waals surface area contributed by atoms with Crippen LogP contribution in [-0.2, 0) is 4.74 Å². The average Bonchev–Trinajstić information content (AvgIpc) is 3.49. The van der Waals surface area contributed by atoms with E-state index in [1.165, 1.54) is 0 Å². The minimum atomic E-state index is -0.210. The number of nitrogens with zero attached hydrogens (tertiary/aromatic N) is 3. The molecule has 1 aliphatic rings. The molecule has 3 aromatic carbocycles. The summed E-state index contributed by atoms with van der Waals surface area (Å²) in [5.41, 5.74) is 12.0.